The number of amides is 2. The van der Waals surface area contributed by atoms with Crippen LogP contribution >= 0.6 is 35.4 Å². The van der Waals surface area contributed by atoms with Gasteiger partial charge in [-0.1, -0.05) is 42.3 Å². The van der Waals surface area contributed by atoms with Gasteiger partial charge in [0.1, 0.15) is 11.8 Å². The summed E-state index contributed by atoms with van der Waals surface area (Å²) in [5, 5.41) is 4.36. The quantitative estimate of drug-likeness (QED) is 0.321. The molecule has 1 aliphatic heterocycles. The first kappa shape index (κ1) is 25.9. The summed E-state index contributed by atoms with van der Waals surface area (Å²) in [4.78, 5) is 29.8. The van der Waals surface area contributed by atoms with E-state index in [0.29, 0.717) is 39.7 Å². The molecule has 36 heavy (non-hydrogen) atoms. The highest BCUT2D eigenvalue weighted by Gasteiger charge is 2.44. The van der Waals surface area contributed by atoms with Crippen LogP contribution in [0.5, 0.6) is 5.75 Å². The van der Waals surface area contributed by atoms with Crippen LogP contribution in [0.2, 0.25) is 10.0 Å². The molecule has 1 atom stereocenters. The first-order valence-corrected chi connectivity index (χ1v) is 12.7. The van der Waals surface area contributed by atoms with Crippen molar-refractivity contribution >= 4 is 63.7 Å². The van der Waals surface area contributed by atoms with Crippen molar-refractivity contribution in [3.63, 3.8) is 0 Å². The third-order valence-corrected chi connectivity index (χ3v) is 6.58. The van der Waals surface area contributed by atoms with Crippen LogP contribution in [0.1, 0.15) is 25.3 Å². The van der Waals surface area contributed by atoms with Gasteiger partial charge in [-0.3, -0.25) is 14.5 Å². The number of halogens is 2. The Morgan fingerprint density at radius 2 is 1.58 bits per heavy atom. The first-order chi connectivity index (χ1) is 17.4. The lowest BCUT2D eigenvalue weighted by Gasteiger charge is -2.24. The predicted octanol–water partition coefficient (Wildman–Crippen LogP) is 6.31. The average molecular weight is 542 g/mol. The molecule has 3 aromatic carbocycles. The average Bonchev–Trinajstić information content (AvgIpc) is 3.09. The molecule has 0 saturated carbocycles. The van der Waals surface area contributed by atoms with Gasteiger partial charge in [0, 0.05) is 22.3 Å². The number of nitrogens with one attached hydrogen (secondary N) is 1. The lowest BCUT2D eigenvalue weighted by molar-refractivity contribution is -0.124. The van der Waals surface area contributed by atoms with Gasteiger partial charge in [-0.15, -0.1) is 0 Å². The minimum absolute atomic E-state index is 0.0647. The molecule has 1 heterocycles. The van der Waals surface area contributed by atoms with E-state index in [0.717, 1.165) is 17.7 Å². The fourth-order valence-corrected chi connectivity index (χ4v) is 4.51. The second-order valence-corrected chi connectivity index (χ2v) is 9.57. The van der Waals surface area contributed by atoms with Crippen molar-refractivity contribution in [2.45, 2.75) is 32.4 Å². The van der Waals surface area contributed by atoms with E-state index in [2.05, 4.69) is 5.32 Å². The number of anilines is 2. The molecule has 1 fully saturated rings. The highest BCUT2D eigenvalue weighted by Crippen LogP contribution is 2.30. The zero-order chi connectivity index (χ0) is 25.7. The molecule has 0 spiro atoms. The van der Waals surface area contributed by atoms with Crippen LogP contribution in [0.4, 0.5) is 11.4 Å². The second kappa shape index (κ2) is 11.7. The molecular weight excluding hydrogens is 517 g/mol. The van der Waals surface area contributed by atoms with Gasteiger partial charge in [0.2, 0.25) is 5.91 Å². The maximum atomic E-state index is 13.5. The minimum Gasteiger partial charge on any atom is -0.494 e. The number of carbonyl (C=O) groups is 2. The molecule has 4 rings (SSSR count). The summed E-state index contributed by atoms with van der Waals surface area (Å²) in [5.74, 6) is 0.172. The smallest absolute Gasteiger partial charge is 0.256 e. The van der Waals surface area contributed by atoms with Crippen molar-refractivity contribution in [1.82, 2.24) is 4.90 Å². The van der Waals surface area contributed by atoms with Gasteiger partial charge in [0.05, 0.1) is 18.7 Å². The van der Waals surface area contributed by atoms with Gasteiger partial charge in [-0.2, -0.15) is 0 Å². The van der Waals surface area contributed by atoms with Crippen LogP contribution in [-0.4, -0.2) is 34.5 Å². The summed E-state index contributed by atoms with van der Waals surface area (Å²) in [6, 6.07) is 20.6. The summed E-state index contributed by atoms with van der Waals surface area (Å²) in [7, 11) is 0. The van der Waals surface area contributed by atoms with Gasteiger partial charge in [-0.25, -0.2) is 0 Å². The van der Waals surface area contributed by atoms with Crippen molar-refractivity contribution in [3.05, 3.63) is 88.4 Å². The highest BCUT2D eigenvalue weighted by atomic mass is 35.5. The second-order valence-electron chi connectivity index (χ2n) is 8.33. The van der Waals surface area contributed by atoms with E-state index >= 15 is 0 Å². The van der Waals surface area contributed by atoms with Crippen LogP contribution in [0.15, 0.2) is 72.8 Å². The summed E-state index contributed by atoms with van der Waals surface area (Å²) in [6.07, 6.45) is 0.847. The minimum atomic E-state index is -0.768. The molecule has 0 aromatic heterocycles. The standard InChI is InChI=1S/C27H25Cl2N3O3S/c1-2-15-35-23-13-9-21(10-14-23)30-25(33)16-24-26(34)32(22-11-7-20(29)8-12-22)27(36)31(24)17-18-3-5-19(28)6-4-18/h3-14,24H,2,15-17H2,1H3,(H,30,33). The van der Waals surface area contributed by atoms with Crippen LogP contribution in [-0.2, 0) is 16.1 Å². The number of benzene rings is 3. The number of ether oxygens (including phenoxy) is 1. The third-order valence-electron chi connectivity index (χ3n) is 5.66. The fourth-order valence-electron chi connectivity index (χ4n) is 3.87. The molecule has 0 radical (unpaired) electrons. The summed E-state index contributed by atoms with van der Waals surface area (Å²) >= 11 is 17.8. The van der Waals surface area contributed by atoms with E-state index in [1.54, 1.807) is 65.6 Å². The third kappa shape index (κ3) is 6.16. The Balaban J connectivity index is 1.53. The molecule has 1 aliphatic rings. The van der Waals surface area contributed by atoms with Crippen LogP contribution in [0.3, 0.4) is 0 Å². The van der Waals surface area contributed by atoms with Gasteiger partial charge < -0.3 is 15.0 Å². The van der Waals surface area contributed by atoms with Crippen molar-refractivity contribution in [2.75, 3.05) is 16.8 Å². The van der Waals surface area contributed by atoms with E-state index in [-0.39, 0.29) is 18.2 Å². The Morgan fingerprint density at radius 3 is 2.19 bits per heavy atom. The predicted molar refractivity (Wildman–Crippen MR) is 148 cm³/mol. The van der Waals surface area contributed by atoms with Gasteiger partial charge in [0.25, 0.3) is 5.91 Å². The highest BCUT2D eigenvalue weighted by molar-refractivity contribution is 7.80. The Hall–Kier alpha value is -3.13. The molecule has 0 aliphatic carbocycles. The normalized spacial score (nSPS) is 15.4. The molecule has 9 heteroatoms. The van der Waals surface area contributed by atoms with E-state index in [9.17, 15) is 9.59 Å². The van der Waals surface area contributed by atoms with Gasteiger partial charge >= 0.3 is 0 Å². The topological polar surface area (TPSA) is 61.9 Å². The molecule has 186 valence electrons. The lowest BCUT2D eigenvalue weighted by Crippen LogP contribution is -2.37. The SMILES string of the molecule is CCCOc1ccc(NC(=O)CC2C(=O)N(c3ccc(Cl)cc3)C(=S)N2Cc2ccc(Cl)cc2)cc1. The Morgan fingerprint density at radius 1 is 0.972 bits per heavy atom. The Bertz CT molecular complexity index is 1230. The number of rotatable bonds is 9. The summed E-state index contributed by atoms with van der Waals surface area (Å²) in [6.45, 7) is 3.02. The van der Waals surface area contributed by atoms with E-state index in [4.69, 9.17) is 40.2 Å². The van der Waals surface area contributed by atoms with Crippen LogP contribution in [0.25, 0.3) is 0 Å². The number of nitrogens with zero attached hydrogens (tertiary/aromatic N) is 2. The fraction of sp³-hybridized carbons (Fsp3) is 0.222. The van der Waals surface area contributed by atoms with E-state index < -0.39 is 6.04 Å². The van der Waals surface area contributed by atoms with E-state index in [1.807, 2.05) is 19.1 Å². The van der Waals surface area contributed by atoms with E-state index in [1.165, 1.54) is 4.90 Å². The molecule has 0 bridgehead atoms. The van der Waals surface area contributed by atoms with Gasteiger partial charge in [0.15, 0.2) is 5.11 Å². The van der Waals surface area contributed by atoms with Crippen molar-refractivity contribution in [2.24, 2.45) is 0 Å². The molecule has 1 N–H and O–H groups in total. The molecular formula is C27H25Cl2N3O3S. The Kier molecular flexibility index (Phi) is 8.46. The largest absolute Gasteiger partial charge is 0.494 e. The number of carbonyl (C=O) groups excluding carboxylic acids is 2. The van der Waals surface area contributed by atoms with Crippen molar-refractivity contribution in [1.29, 1.82) is 0 Å². The molecule has 6 nitrogen and oxygen atoms in total. The molecule has 1 saturated heterocycles. The maximum Gasteiger partial charge on any atom is 0.256 e. The molecule has 2 amide bonds. The number of hydrogen-bond donors (Lipinski definition) is 1. The monoisotopic (exact) mass is 541 g/mol. The van der Waals surface area contributed by atoms with Crippen molar-refractivity contribution < 1.29 is 14.3 Å². The summed E-state index contributed by atoms with van der Waals surface area (Å²) < 4.78 is 5.59. The number of hydrogen-bond acceptors (Lipinski definition) is 4. The molecule has 3 aromatic rings. The van der Waals surface area contributed by atoms with Gasteiger partial charge in [-0.05, 0) is 84.9 Å². The summed E-state index contributed by atoms with van der Waals surface area (Å²) in [5.41, 5.74) is 2.14. The zero-order valence-electron chi connectivity index (χ0n) is 19.6. The van der Waals surface area contributed by atoms with Crippen LogP contribution in [0, 0.1) is 0 Å². The molecule has 1 unspecified atom stereocenters. The Labute approximate surface area is 225 Å². The van der Waals surface area contributed by atoms with Crippen LogP contribution < -0.4 is 15.0 Å². The maximum absolute atomic E-state index is 13.5. The number of thiocarbonyl (C=S) groups is 1. The first-order valence-electron chi connectivity index (χ1n) is 11.5. The zero-order valence-corrected chi connectivity index (χ0v) is 21.9. The van der Waals surface area contributed by atoms with Crippen molar-refractivity contribution in [3.8, 4) is 5.75 Å². The lowest BCUT2D eigenvalue weighted by atomic mass is 10.1.